The molecule has 122 valence electrons. The lowest BCUT2D eigenvalue weighted by Crippen LogP contribution is -2.40. The number of hydrogen-bond acceptors (Lipinski definition) is 4. The van der Waals surface area contributed by atoms with Crippen molar-refractivity contribution in [1.29, 1.82) is 0 Å². The number of para-hydroxylation sites is 1. The molecule has 1 amide bonds. The van der Waals surface area contributed by atoms with Crippen molar-refractivity contribution in [1.82, 2.24) is 4.90 Å². The van der Waals surface area contributed by atoms with Crippen LogP contribution in [-0.4, -0.2) is 48.7 Å². The van der Waals surface area contributed by atoms with Gasteiger partial charge < -0.3 is 14.4 Å². The van der Waals surface area contributed by atoms with Crippen LogP contribution in [0.3, 0.4) is 0 Å². The molecule has 1 saturated heterocycles. The zero-order chi connectivity index (χ0) is 15.9. The second-order valence-corrected chi connectivity index (χ2v) is 6.72. The van der Waals surface area contributed by atoms with Gasteiger partial charge >= 0.3 is 0 Å². The molecule has 0 aliphatic carbocycles. The molecular formula is C17H25NO3S. The van der Waals surface area contributed by atoms with Crippen molar-refractivity contribution < 1.29 is 14.3 Å². The standard InChI is InChI=1S/C17H25NO3S/c1-13(22-3)17(19)18(12-15-8-6-10-21-15)11-14-7-4-5-9-16(14)20-2/h4-5,7,9,13,15H,6,8,10-12H2,1-3H3/t13-,15-/m0/s1. The maximum absolute atomic E-state index is 12.7. The van der Waals surface area contributed by atoms with Crippen molar-refractivity contribution in [3.8, 4) is 5.75 Å². The Bertz CT molecular complexity index is 489. The monoisotopic (exact) mass is 323 g/mol. The van der Waals surface area contributed by atoms with Crippen LogP contribution in [0, 0.1) is 0 Å². The summed E-state index contributed by atoms with van der Waals surface area (Å²) < 4.78 is 11.1. The molecule has 0 unspecified atom stereocenters. The summed E-state index contributed by atoms with van der Waals surface area (Å²) in [6.45, 7) is 3.98. The lowest BCUT2D eigenvalue weighted by Gasteiger charge is -2.28. The highest BCUT2D eigenvalue weighted by Crippen LogP contribution is 2.23. The second-order valence-electron chi connectivity index (χ2n) is 5.54. The number of carbonyl (C=O) groups excluding carboxylic acids is 1. The van der Waals surface area contributed by atoms with Gasteiger partial charge in [-0.3, -0.25) is 4.79 Å². The summed E-state index contributed by atoms with van der Waals surface area (Å²) in [7, 11) is 1.66. The highest BCUT2D eigenvalue weighted by Gasteiger charge is 2.26. The third-order valence-electron chi connectivity index (χ3n) is 4.01. The van der Waals surface area contributed by atoms with Crippen LogP contribution in [-0.2, 0) is 16.1 Å². The largest absolute Gasteiger partial charge is 0.496 e. The van der Waals surface area contributed by atoms with Gasteiger partial charge in [-0.15, -0.1) is 0 Å². The van der Waals surface area contributed by atoms with E-state index in [0.717, 1.165) is 30.8 Å². The first kappa shape index (κ1) is 17.2. The molecule has 2 rings (SSSR count). The molecular weight excluding hydrogens is 298 g/mol. The number of amides is 1. The van der Waals surface area contributed by atoms with Gasteiger partial charge in [0.25, 0.3) is 0 Å². The Labute approximate surface area is 137 Å². The Balaban J connectivity index is 2.13. The normalized spacial score (nSPS) is 19.0. The molecule has 1 heterocycles. The topological polar surface area (TPSA) is 38.8 Å². The van der Waals surface area contributed by atoms with E-state index < -0.39 is 0 Å². The molecule has 0 saturated carbocycles. The summed E-state index contributed by atoms with van der Waals surface area (Å²) in [6, 6.07) is 7.87. The van der Waals surface area contributed by atoms with Gasteiger partial charge in [0.05, 0.1) is 18.5 Å². The maximum atomic E-state index is 12.7. The van der Waals surface area contributed by atoms with Crippen LogP contribution in [0.2, 0.25) is 0 Å². The SMILES string of the molecule is COc1ccccc1CN(C[C@@H]1CCCO1)C(=O)[C@H](C)SC. The third-order valence-corrected chi connectivity index (χ3v) is 4.92. The molecule has 1 aliphatic rings. The number of ether oxygens (including phenoxy) is 2. The number of carbonyl (C=O) groups is 1. The fraction of sp³-hybridized carbons (Fsp3) is 0.588. The highest BCUT2D eigenvalue weighted by atomic mass is 32.2. The van der Waals surface area contributed by atoms with Crippen LogP contribution < -0.4 is 4.74 Å². The molecule has 22 heavy (non-hydrogen) atoms. The summed E-state index contributed by atoms with van der Waals surface area (Å²) in [4.78, 5) is 14.6. The van der Waals surface area contributed by atoms with Crippen molar-refractivity contribution in [2.75, 3.05) is 26.5 Å². The number of hydrogen-bond donors (Lipinski definition) is 0. The van der Waals surface area contributed by atoms with Crippen molar-refractivity contribution in [3.63, 3.8) is 0 Å². The van der Waals surface area contributed by atoms with Crippen LogP contribution in [0.4, 0.5) is 0 Å². The number of thioether (sulfide) groups is 1. The van der Waals surface area contributed by atoms with Gasteiger partial charge in [0, 0.05) is 25.3 Å². The quantitative estimate of drug-likeness (QED) is 0.773. The van der Waals surface area contributed by atoms with Gasteiger partial charge in [0.15, 0.2) is 0 Å². The van der Waals surface area contributed by atoms with Crippen LogP contribution in [0.25, 0.3) is 0 Å². The Hall–Kier alpha value is -1.20. The number of methoxy groups -OCH3 is 1. The minimum atomic E-state index is -0.0453. The Morgan fingerprint density at radius 3 is 2.91 bits per heavy atom. The Kier molecular flexibility index (Phi) is 6.58. The first-order valence-corrected chi connectivity index (χ1v) is 8.99. The van der Waals surface area contributed by atoms with Gasteiger partial charge in [-0.2, -0.15) is 11.8 Å². The molecule has 5 heteroatoms. The summed E-state index contributed by atoms with van der Waals surface area (Å²) in [6.07, 6.45) is 4.24. The van der Waals surface area contributed by atoms with Gasteiger partial charge in [0.1, 0.15) is 5.75 Å². The van der Waals surface area contributed by atoms with E-state index >= 15 is 0 Å². The highest BCUT2D eigenvalue weighted by molar-refractivity contribution is 7.99. The predicted molar refractivity (Wildman–Crippen MR) is 90.4 cm³/mol. The molecule has 1 aromatic rings. The summed E-state index contributed by atoms with van der Waals surface area (Å²) in [5.41, 5.74) is 1.03. The van der Waals surface area contributed by atoms with Crippen molar-refractivity contribution in [3.05, 3.63) is 29.8 Å². The van der Waals surface area contributed by atoms with E-state index in [1.165, 1.54) is 0 Å². The van der Waals surface area contributed by atoms with Crippen LogP contribution in [0.1, 0.15) is 25.3 Å². The molecule has 1 aromatic carbocycles. The Morgan fingerprint density at radius 1 is 1.50 bits per heavy atom. The van der Waals surface area contributed by atoms with Gasteiger partial charge in [-0.25, -0.2) is 0 Å². The summed E-state index contributed by atoms with van der Waals surface area (Å²) in [5.74, 6) is 0.985. The average Bonchev–Trinajstić information content (AvgIpc) is 3.06. The van der Waals surface area contributed by atoms with E-state index in [-0.39, 0.29) is 17.3 Å². The van der Waals surface area contributed by atoms with Crippen molar-refractivity contribution in [2.24, 2.45) is 0 Å². The second kappa shape index (κ2) is 8.44. The van der Waals surface area contributed by atoms with E-state index in [0.29, 0.717) is 13.1 Å². The summed E-state index contributed by atoms with van der Waals surface area (Å²) in [5, 5.41) is -0.0453. The molecule has 1 fully saturated rings. The van der Waals surface area contributed by atoms with E-state index in [4.69, 9.17) is 9.47 Å². The number of nitrogens with zero attached hydrogens (tertiary/aromatic N) is 1. The van der Waals surface area contributed by atoms with E-state index in [1.54, 1.807) is 18.9 Å². The number of benzene rings is 1. The average molecular weight is 323 g/mol. The maximum Gasteiger partial charge on any atom is 0.235 e. The fourth-order valence-corrected chi connectivity index (χ4v) is 3.01. The van der Waals surface area contributed by atoms with Crippen LogP contribution in [0.5, 0.6) is 5.75 Å². The molecule has 0 spiro atoms. The molecule has 0 radical (unpaired) electrons. The smallest absolute Gasteiger partial charge is 0.235 e. The first-order valence-electron chi connectivity index (χ1n) is 7.70. The van der Waals surface area contributed by atoms with Crippen molar-refractivity contribution >= 4 is 17.7 Å². The van der Waals surface area contributed by atoms with Crippen LogP contribution in [0.15, 0.2) is 24.3 Å². The molecule has 0 bridgehead atoms. The minimum absolute atomic E-state index is 0.0453. The molecule has 1 aliphatic heterocycles. The van der Waals surface area contributed by atoms with Gasteiger partial charge in [0.2, 0.25) is 5.91 Å². The minimum Gasteiger partial charge on any atom is -0.496 e. The van der Waals surface area contributed by atoms with E-state index in [9.17, 15) is 4.79 Å². The third kappa shape index (κ3) is 4.40. The zero-order valence-electron chi connectivity index (χ0n) is 13.6. The van der Waals surface area contributed by atoms with Gasteiger partial charge in [-0.05, 0) is 32.1 Å². The van der Waals surface area contributed by atoms with E-state index in [2.05, 4.69) is 0 Å². The molecule has 2 atom stereocenters. The Morgan fingerprint density at radius 2 is 2.27 bits per heavy atom. The fourth-order valence-electron chi connectivity index (χ4n) is 2.66. The lowest BCUT2D eigenvalue weighted by molar-refractivity contribution is -0.132. The molecule has 0 N–H and O–H groups in total. The summed E-state index contributed by atoms with van der Waals surface area (Å²) >= 11 is 1.58. The van der Waals surface area contributed by atoms with E-state index in [1.807, 2.05) is 42.3 Å². The molecule has 0 aromatic heterocycles. The van der Waals surface area contributed by atoms with Gasteiger partial charge in [-0.1, -0.05) is 18.2 Å². The molecule has 4 nitrogen and oxygen atoms in total. The lowest BCUT2D eigenvalue weighted by atomic mass is 10.1. The predicted octanol–water partition coefficient (Wildman–Crippen LogP) is 2.95. The zero-order valence-corrected chi connectivity index (χ0v) is 14.4. The van der Waals surface area contributed by atoms with Crippen molar-refractivity contribution in [2.45, 2.75) is 37.7 Å². The van der Waals surface area contributed by atoms with Crippen LogP contribution >= 0.6 is 11.8 Å². The first-order chi connectivity index (χ1) is 10.7. The number of rotatable bonds is 7.